The molecule has 0 saturated carbocycles. The third kappa shape index (κ3) is 3.83. The van der Waals surface area contributed by atoms with E-state index in [2.05, 4.69) is 5.32 Å². The van der Waals surface area contributed by atoms with Gasteiger partial charge >= 0.3 is 0 Å². The van der Waals surface area contributed by atoms with Crippen molar-refractivity contribution in [2.45, 2.75) is 12.8 Å². The van der Waals surface area contributed by atoms with Crippen molar-refractivity contribution >= 4 is 35.6 Å². The molecule has 1 aromatic rings. The van der Waals surface area contributed by atoms with E-state index in [0.717, 1.165) is 5.69 Å². The molecule has 0 bridgehead atoms. The summed E-state index contributed by atoms with van der Waals surface area (Å²) >= 11 is 5.80. The first-order chi connectivity index (χ1) is 8.66. The number of hydrogen-bond donors (Lipinski definition) is 2. The Morgan fingerprint density at radius 3 is 2.42 bits per heavy atom. The van der Waals surface area contributed by atoms with E-state index in [1.54, 1.807) is 24.3 Å². The molecule has 0 atom stereocenters. The first-order valence-electron chi connectivity index (χ1n) is 6.01. The van der Waals surface area contributed by atoms with Gasteiger partial charge < -0.3 is 15.8 Å². The van der Waals surface area contributed by atoms with E-state index in [4.69, 9.17) is 22.1 Å². The van der Waals surface area contributed by atoms with Gasteiger partial charge in [0.25, 0.3) is 0 Å². The Balaban J connectivity index is 0.00000180. The van der Waals surface area contributed by atoms with Crippen molar-refractivity contribution in [2.75, 3.05) is 25.1 Å². The molecule has 2 rings (SSSR count). The van der Waals surface area contributed by atoms with E-state index >= 15 is 0 Å². The number of nitrogens with one attached hydrogen (secondary N) is 1. The van der Waals surface area contributed by atoms with Gasteiger partial charge in [-0.15, -0.1) is 12.4 Å². The largest absolute Gasteiger partial charge is 0.381 e. The number of benzene rings is 1. The average Bonchev–Trinajstić information content (AvgIpc) is 2.42. The van der Waals surface area contributed by atoms with Gasteiger partial charge in [-0.1, -0.05) is 11.6 Å². The summed E-state index contributed by atoms with van der Waals surface area (Å²) in [5.41, 5.74) is 6.02. The minimum atomic E-state index is -0.502. The van der Waals surface area contributed by atoms with Crippen molar-refractivity contribution < 1.29 is 9.53 Å². The summed E-state index contributed by atoms with van der Waals surface area (Å²) in [4.78, 5) is 12.3. The van der Waals surface area contributed by atoms with Crippen LogP contribution in [0.2, 0.25) is 5.02 Å². The third-order valence-corrected chi connectivity index (χ3v) is 3.68. The lowest BCUT2D eigenvalue weighted by Gasteiger charge is -2.34. The van der Waals surface area contributed by atoms with E-state index in [0.29, 0.717) is 37.6 Å². The van der Waals surface area contributed by atoms with E-state index in [1.807, 2.05) is 0 Å². The monoisotopic (exact) mass is 304 g/mol. The summed E-state index contributed by atoms with van der Waals surface area (Å²) in [5, 5.41) is 3.54. The first kappa shape index (κ1) is 16.2. The van der Waals surface area contributed by atoms with Gasteiger partial charge in [0.15, 0.2) is 0 Å². The first-order valence-corrected chi connectivity index (χ1v) is 6.39. The van der Waals surface area contributed by atoms with Crippen molar-refractivity contribution in [1.82, 2.24) is 0 Å². The Labute approximate surface area is 124 Å². The van der Waals surface area contributed by atoms with Crippen molar-refractivity contribution in [3.05, 3.63) is 29.3 Å². The second-order valence-electron chi connectivity index (χ2n) is 4.56. The summed E-state index contributed by atoms with van der Waals surface area (Å²) in [6.45, 7) is 1.52. The van der Waals surface area contributed by atoms with Crippen molar-refractivity contribution in [1.29, 1.82) is 0 Å². The lowest BCUT2D eigenvalue weighted by atomic mass is 9.79. The Morgan fingerprint density at radius 2 is 1.89 bits per heavy atom. The zero-order chi connectivity index (χ0) is 13.0. The molecule has 0 spiro atoms. The van der Waals surface area contributed by atoms with E-state index in [9.17, 15) is 4.79 Å². The SMILES string of the molecule is Cl.NCC1(C(=O)Nc2ccc(Cl)cc2)CCOCC1. The Morgan fingerprint density at radius 1 is 1.32 bits per heavy atom. The summed E-state index contributed by atoms with van der Waals surface area (Å²) in [6, 6.07) is 7.06. The van der Waals surface area contributed by atoms with Crippen LogP contribution < -0.4 is 11.1 Å². The molecule has 0 unspecified atom stereocenters. The molecule has 6 heteroatoms. The summed E-state index contributed by atoms with van der Waals surface area (Å²) in [6.07, 6.45) is 1.34. The molecule has 0 aromatic heterocycles. The predicted molar refractivity (Wildman–Crippen MR) is 78.9 cm³/mol. The maximum Gasteiger partial charge on any atom is 0.232 e. The summed E-state index contributed by atoms with van der Waals surface area (Å²) in [5.74, 6) is -0.0318. The van der Waals surface area contributed by atoms with Gasteiger partial charge in [-0.05, 0) is 37.1 Å². The van der Waals surface area contributed by atoms with Crippen molar-refractivity contribution in [2.24, 2.45) is 11.1 Å². The van der Waals surface area contributed by atoms with Gasteiger partial charge in [-0.2, -0.15) is 0 Å². The highest BCUT2D eigenvalue weighted by molar-refractivity contribution is 6.30. The highest BCUT2D eigenvalue weighted by atomic mass is 35.5. The fourth-order valence-electron chi connectivity index (χ4n) is 2.08. The maximum absolute atomic E-state index is 12.3. The second-order valence-corrected chi connectivity index (χ2v) is 4.99. The number of halogens is 2. The van der Waals surface area contributed by atoms with Gasteiger partial charge in [-0.3, -0.25) is 4.79 Å². The quantitative estimate of drug-likeness (QED) is 0.901. The lowest BCUT2D eigenvalue weighted by Crippen LogP contribution is -2.46. The predicted octanol–water partition coefficient (Wildman–Crippen LogP) is 2.46. The minimum absolute atomic E-state index is 0. The molecular formula is C13H18Cl2N2O2. The van der Waals surface area contributed by atoms with Gasteiger partial charge in [-0.25, -0.2) is 0 Å². The highest BCUT2D eigenvalue weighted by Gasteiger charge is 2.38. The standard InChI is InChI=1S/C13H17ClN2O2.ClH/c14-10-1-3-11(4-2-10)16-12(17)13(9-15)5-7-18-8-6-13;/h1-4H,5-9,15H2,(H,16,17);1H. The van der Waals surface area contributed by atoms with Crippen LogP contribution in [0.15, 0.2) is 24.3 Å². The van der Waals surface area contributed by atoms with Gasteiger partial charge in [0.1, 0.15) is 0 Å². The topological polar surface area (TPSA) is 64.4 Å². The molecule has 0 aliphatic carbocycles. The van der Waals surface area contributed by atoms with E-state index in [1.165, 1.54) is 0 Å². The highest BCUT2D eigenvalue weighted by Crippen LogP contribution is 2.31. The maximum atomic E-state index is 12.3. The number of rotatable bonds is 3. The molecule has 1 saturated heterocycles. The fourth-order valence-corrected chi connectivity index (χ4v) is 2.21. The van der Waals surface area contributed by atoms with Crippen LogP contribution in [-0.4, -0.2) is 25.7 Å². The number of nitrogens with two attached hydrogens (primary N) is 1. The minimum Gasteiger partial charge on any atom is -0.381 e. The van der Waals surface area contributed by atoms with E-state index in [-0.39, 0.29) is 18.3 Å². The molecular weight excluding hydrogens is 287 g/mol. The number of carbonyl (C=O) groups is 1. The zero-order valence-electron chi connectivity index (χ0n) is 10.5. The molecule has 19 heavy (non-hydrogen) atoms. The molecule has 106 valence electrons. The second kappa shape index (κ2) is 7.10. The third-order valence-electron chi connectivity index (χ3n) is 3.42. The summed E-state index contributed by atoms with van der Waals surface area (Å²) < 4.78 is 5.29. The lowest BCUT2D eigenvalue weighted by molar-refractivity contribution is -0.130. The van der Waals surface area contributed by atoms with Crippen LogP contribution in [0.1, 0.15) is 12.8 Å². The van der Waals surface area contributed by atoms with Gasteiger partial charge in [0.05, 0.1) is 5.41 Å². The van der Waals surface area contributed by atoms with Crippen LogP contribution in [0.3, 0.4) is 0 Å². The molecule has 1 fully saturated rings. The average molecular weight is 305 g/mol. The van der Waals surface area contributed by atoms with Crippen molar-refractivity contribution in [3.8, 4) is 0 Å². The number of anilines is 1. The van der Waals surface area contributed by atoms with Crippen LogP contribution in [0.25, 0.3) is 0 Å². The fraction of sp³-hybridized carbons (Fsp3) is 0.462. The Hall–Kier alpha value is -0.810. The van der Waals surface area contributed by atoms with Crippen LogP contribution >= 0.6 is 24.0 Å². The normalized spacial score (nSPS) is 17.4. The molecule has 0 radical (unpaired) electrons. The molecule has 1 heterocycles. The van der Waals surface area contributed by atoms with Crippen LogP contribution in [0.5, 0.6) is 0 Å². The summed E-state index contributed by atoms with van der Waals surface area (Å²) in [7, 11) is 0. The smallest absolute Gasteiger partial charge is 0.232 e. The van der Waals surface area contributed by atoms with Gasteiger partial charge in [0, 0.05) is 30.5 Å². The number of hydrogen-bond acceptors (Lipinski definition) is 3. The zero-order valence-corrected chi connectivity index (χ0v) is 12.1. The molecule has 1 aliphatic heterocycles. The molecule has 4 nitrogen and oxygen atoms in total. The van der Waals surface area contributed by atoms with Crippen LogP contribution in [0.4, 0.5) is 5.69 Å². The van der Waals surface area contributed by atoms with Gasteiger partial charge in [0.2, 0.25) is 5.91 Å². The number of carbonyl (C=O) groups excluding carboxylic acids is 1. The number of amides is 1. The van der Waals surface area contributed by atoms with Crippen LogP contribution in [-0.2, 0) is 9.53 Å². The van der Waals surface area contributed by atoms with Crippen molar-refractivity contribution in [3.63, 3.8) is 0 Å². The molecule has 3 N–H and O–H groups in total. The molecule has 1 aromatic carbocycles. The Bertz CT molecular complexity index is 417. The molecule has 1 aliphatic rings. The Kier molecular flexibility index (Phi) is 6.07. The van der Waals surface area contributed by atoms with E-state index < -0.39 is 5.41 Å². The number of ether oxygens (including phenoxy) is 1. The van der Waals surface area contributed by atoms with Crippen LogP contribution in [0, 0.1) is 5.41 Å². The molecule has 1 amide bonds.